The van der Waals surface area contributed by atoms with Gasteiger partial charge in [-0.2, -0.15) is 5.26 Å². The molecule has 1 heterocycles. The predicted octanol–water partition coefficient (Wildman–Crippen LogP) is 4.02. The maximum absolute atomic E-state index is 9.31. The summed E-state index contributed by atoms with van der Waals surface area (Å²) in [4.78, 5) is 4.71. The molecule has 0 saturated heterocycles. The number of pyridine rings is 1. The average molecular weight is 238 g/mol. The van der Waals surface area contributed by atoms with Crippen LogP contribution in [-0.4, -0.2) is 4.98 Å². The fourth-order valence-corrected chi connectivity index (χ4v) is 1.96. The molecule has 0 aliphatic carbocycles. The minimum Gasteiger partial charge on any atom is -0.252 e. The van der Waals surface area contributed by atoms with Crippen molar-refractivity contribution in [2.45, 2.75) is 40.0 Å². The highest BCUT2D eigenvalue weighted by Gasteiger charge is 2.18. The molecule has 1 aromatic heterocycles. The van der Waals surface area contributed by atoms with Crippen molar-refractivity contribution in [3.63, 3.8) is 0 Å². The standard InChI is InChI=1S/C16H18N2/c1-10-6-13-12(9-17)8-15(16(3,4)5)18-14(13)7-11(10)2/h6-8H,1-5H3. The number of nitriles is 1. The molecule has 1 aromatic carbocycles. The second kappa shape index (κ2) is 4.10. The Balaban J connectivity index is 2.85. The lowest BCUT2D eigenvalue weighted by Crippen LogP contribution is -2.14. The zero-order valence-electron chi connectivity index (χ0n) is 11.6. The van der Waals surface area contributed by atoms with Crippen molar-refractivity contribution in [2.75, 3.05) is 0 Å². The number of rotatable bonds is 0. The van der Waals surface area contributed by atoms with Gasteiger partial charge in [-0.3, -0.25) is 4.98 Å². The van der Waals surface area contributed by atoms with Gasteiger partial charge in [0.2, 0.25) is 0 Å². The van der Waals surface area contributed by atoms with Crippen LogP contribution in [0.5, 0.6) is 0 Å². The van der Waals surface area contributed by atoms with Crippen LogP contribution in [0.1, 0.15) is 43.2 Å². The summed E-state index contributed by atoms with van der Waals surface area (Å²) in [5.74, 6) is 0. The van der Waals surface area contributed by atoms with Crippen LogP contribution in [0.4, 0.5) is 0 Å². The molecule has 2 heteroatoms. The van der Waals surface area contributed by atoms with Crippen LogP contribution in [0.3, 0.4) is 0 Å². The molecule has 0 fully saturated rings. The summed E-state index contributed by atoms with van der Waals surface area (Å²) in [5, 5.41) is 10.3. The first kappa shape index (κ1) is 12.6. The van der Waals surface area contributed by atoms with E-state index < -0.39 is 0 Å². The molecular formula is C16H18N2. The minimum absolute atomic E-state index is 0.0431. The van der Waals surface area contributed by atoms with Crippen LogP contribution in [0.25, 0.3) is 10.9 Å². The first-order valence-corrected chi connectivity index (χ1v) is 6.15. The highest BCUT2D eigenvalue weighted by Crippen LogP contribution is 2.27. The molecule has 0 spiro atoms. The van der Waals surface area contributed by atoms with Gasteiger partial charge in [0.15, 0.2) is 0 Å². The third-order valence-corrected chi connectivity index (χ3v) is 3.31. The van der Waals surface area contributed by atoms with E-state index in [1.807, 2.05) is 6.07 Å². The van der Waals surface area contributed by atoms with E-state index in [1.54, 1.807) is 0 Å². The third kappa shape index (κ3) is 2.09. The van der Waals surface area contributed by atoms with E-state index in [0.717, 1.165) is 16.6 Å². The van der Waals surface area contributed by atoms with Crippen LogP contribution in [0, 0.1) is 25.2 Å². The van der Waals surface area contributed by atoms with Crippen molar-refractivity contribution in [3.05, 3.63) is 40.6 Å². The lowest BCUT2D eigenvalue weighted by molar-refractivity contribution is 0.571. The number of benzene rings is 1. The van der Waals surface area contributed by atoms with Gasteiger partial charge in [-0.05, 0) is 43.2 Å². The second-order valence-corrected chi connectivity index (χ2v) is 5.87. The Morgan fingerprint density at radius 3 is 2.22 bits per heavy atom. The molecule has 0 unspecified atom stereocenters. The van der Waals surface area contributed by atoms with Gasteiger partial charge in [0.1, 0.15) is 0 Å². The molecule has 18 heavy (non-hydrogen) atoms. The fourth-order valence-electron chi connectivity index (χ4n) is 1.96. The Bertz CT molecular complexity index is 655. The Labute approximate surface area is 108 Å². The average Bonchev–Trinajstić information content (AvgIpc) is 2.28. The zero-order chi connectivity index (χ0) is 13.5. The van der Waals surface area contributed by atoms with Crippen molar-refractivity contribution >= 4 is 10.9 Å². The van der Waals surface area contributed by atoms with Crippen molar-refractivity contribution < 1.29 is 0 Å². The number of fused-ring (bicyclic) bond motifs is 1. The van der Waals surface area contributed by atoms with E-state index in [1.165, 1.54) is 11.1 Å². The van der Waals surface area contributed by atoms with Crippen LogP contribution < -0.4 is 0 Å². The summed E-state index contributed by atoms with van der Waals surface area (Å²) >= 11 is 0. The maximum atomic E-state index is 9.31. The Morgan fingerprint density at radius 2 is 1.67 bits per heavy atom. The van der Waals surface area contributed by atoms with Gasteiger partial charge in [-0.15, -0.1) is 0 Å². The molecular weight excluding hydrogens is 220 g/mol. The molecule has 2 nitrogen and oxygen atoms in total. The summed E-state index contributed by atoms with van der Waals surface area (Å²) in [5.41, 5.74) is 4.97. The predicted molar refractivity (Wildman–Crippen MR) is 74.6 cm³/mol. The normalized spacial score (nSPS) is 11.6. The van der Waals surface area contributed by atoms with Crippen LogP contribution in [-0.2, 0) is 5.41 Å². The Kier molecular flexibility index (Phi) is 2.86. The van der Waals surface area contributed by atoms with Gasteiger partial charge >= 0.3 is 0 Å². The molecule has 0 radical (unpaired) electrons. The highest BCUT2D eigenvalue weighted by atomic mass is 14.7. The van der Waals surface area contributed by atoms with E-state index in [0.29, 0.717) is 5.56 Å². The number of aromatic nitrogens is 1. The number of nitrogens with zero attached hydrogens (tertiary/aromatic N) is 2. The van der Waals surface area contributed by atoms with Crippen molar-refractivity contribution in [3.8, 4) is 6.07 Å². The van der Waals surface area contributed by atoms with Gasteiger partial charge in [-0.1, -0.05) is 20.8 Å². The van der Waals surface area contributed by atoms with E-state index in [-0.39, 0.29) is 5.41 Å². The largest absolute Gasteiger partial charge is 0.252 e. The van der Waals surface area contributed by atoms with Crippen LogP contribution in [0.2, 0.25) is 0 Å². The highest BCUT2D eigenvalue weighted by molar-refractivity contribution is 5.86. The van der Waals surface area contributed by atoms with Crippen molar-refractivity contribution in [1.29, 1.82) is 5.26 Å². The van der Waals surface area contributed by atoms with Crippen LogP contribution >= 0.6 is 0 Å². The number of aryl methyl sites for hydroxylation is 2. The lowest BCUT2D eigenvalue weighted by Gasteiger charge is -2.19. The van der Waals surface area contributed by atoms with Gasteiger partial charge in [-0.25, -0.2) is 0 Å². The summed E-state index contributed by atoms with van der Waals surface area (Å²) in [7, 11) is 0. The van der Waals surface area contributed by atoms with Gasteiger partial charge in [0.05, 0.1) is 17.1 Å². The first-order chi connectivity index (χ1) is 8.32. The zero-order valence-corrected chi connectivity index (χ0v) is 11.6. The van der Waals surface area contributed by atoms with Crippen molar-refractivity contribution in [2.24, 2.45) is 0 Å². The molecule has 92 valence electrons. The van der Waals surface area contributed by atoms with E-state index in [2.05, 4.69) is 52.8 Å². The quantitative estimate of drug-likeness (QED) is 0.695. The molecule has 0 aliphatic heterocycles. The summed E-state index contributed by atoms with van der Waals surface area (Å²) in [6.07, 6.45) is 0. The molecule has 0 aliphatic rings. The van der Waals surface area contributed by atoms with E-state index in [9.17, 15) is 5.26 Å². The first-order valence-electron chi connectivity index (χ1n) is 6.15. The number of hydrogen-bond donors (Lipinski definition) is 0. The maximum Gasteiger partial charge on any atom is 0.0999 e. The molecule has 0 N–H and O–H groups in total. The van der Waals surface area contributed by atoms with Gasteiger partial charge in [0.25, 0.3) is 0 Å². The fraction of sp³-hybridized carbons (Fsp3) is 0.375. The lowest BCUT2D eigenvalue weighted by atomic mass is 9.89. The van der Waals surface area contributed by atoms with Gasteiger partial charge in [0, 0.05) is 16.5 Å². The Hall–Kier alpha value is -1.88. The molecule has 0 bridgehead atoms. The molecule has 2 rings (SSSR count). The summed E-state index contributed by atoms with van der Waals surface area (Å²) in [6.45, 7) is 10.5. The smallest absolute Gasteiger partial charge is 0.0999 e. The number of hydrogen-bond acceptors (Lipinski definition) is 2. The SMILES string of the molecule is Cc1cc2nc(C(C)(C)C)cc(C#N)c2cc1C. The second-order valence-electron chi connectivity index (χ2n) is 5.87. The topological polar surface area (TPSA) is 36.7 Å². The Morgan fingerprint density at radius 1 is 1.06 bits per heavy atom. The van der Waals surface area contributed by atoms with Crippen molar-refractivity contribution in [1.82, 2.24) is 4.98 Å². The van der Waals surface area contributed by atoms with E-state index >= 15 is 0 Å². The summed E-state index contributed by atoms with van der Waals surface area (Å²) < 4.78 is 0. The third-order valence-electron chi connectivity index (χ3n) is 3.31. The van der Waals surface area contributed by atoms with E-state index in [4.69, 9.17) is 4.98 Å². The molecule has 2 aromatic rings. The summed E-state index contributed by atoms with van der Waals surface area (Å²) in [6, 6.07) is 8.33. The monoisotopic (exact) mass is 238 g/mol. The molecule has 0 atom stereocenters. The molecule has 0 saturated carbocycles. The van der Waals surface area contributed by atoms with Gasteiger partial charge < -0.3 is 0 Å². The minimum atomic E-state index is -0.0431. The molecule has 0 amide bonds. The van der Waals surface area contributed by atoms with Crippen LogP contribution in [0.15, 0.2) is 18.2 Å².